The van der Waals surface area contributed by atoms with Crippen molar-refractivity contribution in [3.05, 3.63) is 65.2 Å². The summed E-state index contributed by atoms with van der Waals surface area (Å²) in [5.41, 5.74) is 1.52. The molecule has 0 atom stereocenters. The fraction of sp³-hybridized carbons (Fsp3) is 0.235. The zero-order chi connectivity index (χ0) is 17.2. The van der Waals surface area contributed by atoms with Crippen molar-refractivity contribution in [3.63, 3.8) is 0 Å². The van der Waals surface area contributed by atoms with E-state index < -0.39 is 5.82 Å². The number of halogens is 1. The molecule has 0 N–H and O–H groups in total. The highest BCUT2D eigenvalue weighted by atomic mass is 19.1. The Morgan fingerprint density at radius 2 is 1.80 bits per heavy atom. The molecular formula is C17H15FN6O. The molecule has 0 spiro atoms. The van der Waals surface area contributed by atoms with Gasteiger partial charge in [0.2, 0.25) is 5.95 Å². The van der Waals surface area contributed by atoms with E-state index >= 15 is 0 Å². The highest BCUT2D eigenvalue weighted by Crippen LogP contribution is 2.22. The van der Waals surface area contributed by atoms with Gasteiger partial charge in [-0.05, 0) is 18.2 Å². The molecule has 0 radical (unpaired) electrons. The minimum absolute atomic E-state index is 0.130. The molecule has 8 heteroatoms. The predicted molar refractivity (Wildman–Crippen MR) is 89.4 cm³/mol. The van der Waals surface area contributed by atoms with Gasteiger partial charge in [-0.2, -0.15) is 5.10 Å². The number of rotatable bonds is 4. The highest BCUT2D eigenvalue weighted by Gasteiger charge is 2.29. The molecule has 1 fully saturated rings. The first kappa shape index (κ1) is 15.4. The maximum atomic E-state index is 12.9. The van der Waals surface area contributed by atoms with Crippen LogP contribution in [0.5, 0.6) is 0 Å². The van der Waals surface area contributed by atoms with Crippen LogP contribution < -0.4 is 10.5 Å². The molecule has 1 aliphatic rings. The quantitative estimate of drug-likeness (QED) is 0.715. The van der Waals surface area contributed by atoms with Gasteiger partial charge in [-0.1, -0.05) is 0 Å². The average molecular weight is 338 g/mol. The minimum atomic E-state index is -0.454. The monoisotopic (exact) mass is 338 g/mol. The number of aromatic nitrogens is 5. The lowest BCUT2D eigenvalue weighted by Gasteiger charge is -2.39. The number of hydrogen-bond acceptors (Lipinski definition) is 6. The van der Waals surface area contributed by atoms with E-state index in [2.05, 4.69) is 20.1 Å². The average Bonchev–Trinajstić information content (AvgIpc) is 2.61. The number of anilines is 1. The molecule has 1 aliphatic heterocycles. The third kappa shape index (κ3) is 3.23. The molecule has 25 heavy (non-hydrogen) atoms. The topological polar surface area (TPSA) is 76.8 Å². The molecule has 0 bridgehead atoms. The maximum absolute atomic E-state index is 12.9. The first-order valence-corrected chi connectivity index (χ1v) is 7.90. The van der Waals surface area contributed by atoms with Crippen molar-refractivity contribution in [1.82, 2.24) is 24.7 Å². The van der Waals surface area contributed by atoms with Gasteiger partial charge in [0.05, 0.1) is 24.6 Å². The summed E-state index contributed by atoms with van der Waals surface area (Å²) in [6.45, 7) is 1.94. The summed E-state index contributed by atoms with van der Waals surface area (Å²) in [6, 6.07) is 6.96. The molecule has 1 saturated heterocycles. The van der Waals surface area contributed by atoms with Gasteiger partial charge in [0.1, 0.15) is 0 Å². The molecule has 0 aromatic carbocycles. The molecule has 3 aromatic rings. The van der Waals surface area contributed by atoms with Crippen LogP contribution in [0.4, 0.5) is 10.3 Å². The summed E-state index contributed by atoms with van der Waals surface area (Å²) in [7, 11) is 0. The van der Waals surface area contributed by atoms with Gasteiger partial charge in [-0.25, -0.2) is 19.0 Å². The molecule has 0 aliphatic carbocycles. The Balaban J connectivity index is 1.45. The Hall–Kier alpha value is -3.16. The number of hydrogen-bond donors (Lipinski definition) is 0. The lowest BCUT2D eigenvalue weighted by molar-refractivity contribution is 0.331. The van der Waals surface area contributed by atoms with Crippen LogP contribution in [0.1, 0.15) is 0 Å². The van der Waals surface area contributed by atoms with Gasteiger partial charge in [-0.3, -0.25) is 9.78 Å². The van der Waals surface area contributed by atoms with Crippen LogP contribution in [-0.4, -0.2) is 37.8 Å². The van der Waals surface area contributed by atoms with E-state index in [1.807, 2.05) is 17.0 Å². The van der Waals surface area contributed by atoms with Gasteiger partial charge < -0.3 is 4.90 Å². The summed E-state index contributed by atoms with van der Waals surface area (Å²) >= 11 is 0. The standard InChI is InChI=1S/C17H15FN6O/c18-14-7-20-17(21-8-14)23-9-12(10-23)11-24-16(25)2-1-15(22-24)13-3-5-19-6-4-13/h1-8,12H,9-11H2. The van der Waals surface area contributed by atoms with E-state index in [0.29, 0.717) is 25.6 Å². The Morgan fingerprint density at radius 3 is 2.52 bits per heavy atom. The molecule has 3 aromatic heterocycles. The predicted octanol–water partition coefficient (Wildman–Crippen LogP) is 1.37. The second-order valence-corrected chi connectivity index (χ2v) is 5.95. The van der Waals surface area contributed by atoms with Gasteiger partial charge in [-0.15, -0.1) is 0 Å². The zero-order valence-corrected chi connectivity index (χ0v) is 13.3. The fourth-order valence-electron chi connectivity index (χ4n) is 2.82. The largest absolute Gasteiger partial charge is 0.340 e. The van der Waals surface area contributed by atoms with Gasteiger partial charge >= 0.3 is 0 Å². The van der Waals surface area contributed by atoms with E-state index in [9.17, 15) is 9.18 Å². The first-order valence-electron chi connectivity index (χ1n) is 7.90. The SMILES string of the molecule is O=c1ccc(-c2ccncc2)nn1CC1CN(c2ncc(F)cn2)C1. The second kappa shape index (κ2) is 6.39. The lowest BCUT2D eigenvalue weighted by Crippen LogP contribution is -2.50. The molecular weight excluding hydrogens is 323 g/mol. The van der Waals surface area contributed by atoms with Gasteiger partial charge in [0.15, 0.2) is 5.82 Å². The summed E-state index contributed by atoms with van der Waals surface area (Å²) in [6.07, 6.45) is 5.69. The third-order valence-electron chi connectivity index (χ3n) is 4.12. The van der Waals surface area contributed by atoms with Crippen molar-refractivity contribution in [2.24, 2.45) is 5.92 Å². The van der Waals surface area contributed by atoms with E-state index in [4.69, 9.17) is 0 Å². The van der Waals surface area contributed by atoms with E-state index in [1.54, 1.807) is 18.5 Å². The zero-order valence-electron chi connectivity index (χ0n) is 13.3. The van der Waals surface area contributed by atoms with Gasteiger partial charge in [0, 0.05) is 43.0 Å². The molecule has 7 nitrogen and oxygen atoms in total. The van der Waals surface area contributed by atoms with Crippen molar-refractivity contribution in [2.75, 3.05) is 18.0 Å². The Labute approximate surface area is 142 Å². The maximum Gasteiger partial charge on any atom is 0.266 e. The molecule has 0 unspecified atom stereocenters. The molecule has 4 heterocycles. The molecule has 4 rings (SSSR count). The Bertz CT molecular complexity index is 922. The number of pyridine rings is 1. The minimum Gasteiger partial charge on any atom is -0.340 e. The van der Waals surface area contributed by atoms with Crippen molar-refractivity contribution in [2.45, 2.75) is 6.54 Å². The highest BCUT2D eigenvalue weighted by molar-refractivity contribution is 5.57. The van der Waals surface area contributed by atoms with Crippen molar-refractivity contribution in [3.8, 4) is 11.3 Å². The van der Waals surface area contributed by atoms with E-state index in [1.165, 1.54) is 10.7 Å². The van der Waals surface area contributed by atoms with Gasteiger partial charge in [0.25, 0.3) is 5.56 Å². The molecule has 126 valence electrons. The van der Waals surface area contributed by atoms with Crippen LogP contribution in [0.25, 0.3) is 11.3 Å². The van der Waals surface area contributed by atoms with Crippen LogP contribution in [0.3, 0.4) is 0 Å². The Morgan fingerprint density at radius 1 is 1.08 bits per heavy atom. The second-order valence-electron chi connectivity index (χ2n) is 5.95. The van der Waals surface area contributed by atoms with Crippen LogP contribution >= 0.6 is 0 Å². The summed E-state index contributed by atoms with van der Waals surface area (Å²) < 4.78 is 14.4. The van der Waals surface area contributed by atoms with Crippen LogP contribution in [-0.2, 0) is 6.54 Å². The summed E-state index contributed by atoms with van der Waals surface area (Å²) in [5, 5.41) is 4.45. The van der Waals surface area contributed by atoms with Crippen molar-refractivity contribution >= 4 is 5.95 Å². The summed E-state index contributed by atoms with van der Waals surface area (Å²) in [5.74, 6) is 0.319. The van der Waals surface area contributed by atoms with Crippen molar-refractivity contribution in [1.29, 1.82) is 0 Å². The number of nitrogens with zero attached hydrogens (tertiary/aromatic N) is 6. The fourth-order valence-corrected chi connectivity index (χ4v) is 2.82. The van der Waals surface area contributed by atoms with E-state index in [0.717, 1.165) is 23.7 Å². The smallest absolute Gasteiger partial charge is 0.266 e. The van der Waals surface area contributed by atoms with E-state index in [-0.39, 0.29) is 11.5 Å². The lowest BCUT2D eigenvalue weighted by atomic mass is 10.0. The van der Waals surface area contributed by atoms with Crippen LogP contribution in [0.15, 0.2) is 53.8 Å². The molecule has 0 saturated carbocycles. The van der Waals surface area contributed by atoms with Crippen LogP contribution in [0, 0.1) is 11.7 Å². The van der Waals surface area contributed by atoms with Crippen LogP contribution in [0.2, 0.25) is 0 Å². The molecule has 0 amide bonds. The normalized spacial score (nSPS) is 14.4. The van der Waals surface area contributed by atoms with Crippen molar-refractivity contribution < 1.29 is 4.39 Å². The third-order valence-corrected chi connectivity index (χ3v) is 4.12. The first-order chi connectivity index (χ1) is 12.2. The summed E-state index contributed by atoms with van der Waals surface area (Å²) in [4.78, 5) is 25.9. The Kier molecular flexibility index (Phi) is 3.93.